The highest BCUT2D eigenvalue weighted by Crippen LogP contribution is 2.38. The predicted octanol–water partition coefficient (Wildman–Crippen LogP) is 3.50. The Morgan fingerprint density at radius 2 is 1.71 bits per heavy atom. The molecule has 3 heteroatoms. The van der Waals surface area contributed by atoms with Crippen molar-refractivity contribution in [3.8, 4) is 5.75 Å². The smallest absolute Gasteiger partial charge is 0.323 e. The van der Waals surface area contributed by atoms with Crippen LogP contribution in [0.1, 0.15) is 17.0 Å². The Morgan fingerprint density at radius 1 is 1.00 bits per heavy atom. The Bertz CT molecular complexity index is 575. The standard InChI is InChI=1S/C14H9BrO2/c15-10-7-5-9(6-8-10)13-11-3-1-2-4-12(11)17-14(13)16/h1-8,13H. The second-order valence-electron chi connectivity index (χ2n) is 3.94. The van der Waals surface area contributed by atoms with Gasteiger partial charge in [0.25, 0.3) is 0 Å². The minimum Gasteiger partial charge on any atom is -0.425 e. The molecule has 1 unspecified atom stereocenters. The first-order valence-electron chi connectivity index (χ1n) is 5.32. The number of fused-ring (bicyclic) bond motifs is 1. The van der Waals surface area contributed by atoms with E-state index < -0.39 is 0 Å². The molecule has 84 valence electrons. The summed E-state index contributed by atoms with van der Waals surface area (Å²) >= 11 is 3.38. The average Bonchev–Trinajstić information content (AvgIpc) is 2.66. The Morgan fingerprint density at radius 3 is 2.47 bits per heavy atom. The molecule has 0 fully saturated rings. The van der Waals surface area contributed by atoms with Gasteiger partial charge in [0.15, 0.2) is 0 Å². The van der Waals surface area contributed by atoms with Crippen LogP contribution in [0, 0.1) is 0 Å². The number of ether oxygens (including phenoxy) is 1. The number of para-hydroxylation sites is 1. The highest BCUT2D eigenvalue weighted by atomic mass is 79.9. The second-order valence-corrected chi connectivity index (χ2v) is 4.86. The molecule has 0 saturated carbocycles. The zero-order chi connectivity index (χ0) is 11.8. The molecule has 0 radical (unpaired) electrons. The summed E-state index contributed by atoms with van der Waals surface area (Å²) in [6.45, 7) is 0. The van der Waals surface area contributed by atoms with Crippen LogP contribution in [-0.2, 0) is 4.79 Å². The third-order valence-electron chi connectivity index (χ3n) is 2.88. The fourth-order valence-electron chi connectivity index (χ4n) is 2.08. The van der Waals surface area contributed by atoms with Crippen molar-refractivity contribution >= 4 is 21.9 Å². The number of hydrogen-bond donors (Lipinski definition) is 0. The second kappa shape index (κ2) is 4.00. The molecule has 0 N–H and O–H groups in total. The van der Waals surface area contributed by atoms with E-state index in [1.807, 2.05) is 48.5 Å². The van der Waals surface area contributed by atoms with Gasteiger partial charge in [-0.3, -0.25) is 4.79 Å². The van der Waals surface area contributed by atoms with E-state index in [4.69, 9.17) is 4.74 Å². The summed E-state index contributed by atoms with van der Waals surface area (Å²) in [5, 5.41) is 0. The van der Waals surface area contributed by atoms with Gasteiger partial charge in [-0.2, -0.15) is 0 Å². The zero-order valence-corrected chi connectivity index (χ0v) is 10.5. The van der Waals surface area contributed by atoms with Gasteiger partial charge in [-0.05, 0) is 23.8 Å². The molecule has 1 atom stereocenters. The largest absolute Gasteiger partial charge is 0.425 e. The van der Waals surface area contributed by atoms with Crippen LogP contribution in [0.15, 0.2) is 53.0 Å². The lowest BCUT2D eigenvalue weighted by molar-refractivity contribution is -0.133. The third-order valence-corrected chi connectivity index (χ3v) is 3.41. The highest BCUT2D eigenvalue weighted by molar-refractivity contribution is 9.10. The number of carbonyl (C=O) groups is 1. The van der Waals surface area contributed by atoms with E-state index in [1.54, 1.807) is 0 Å². The summed E-state index contributed by atoms with van der Waals surface area (Å²) in [4.78, 5) is 11.9. The van der Waals surface area contributed by atoms with Gasteiger partial charge in [-0.1, -0.05) is 46.3 Å². The number of rotatable bonds is 1. The van der Waals surface area contributed by atoms with E-state index in [0.29, 0.717) is 5.75 Å². The van der Waals surface area contributed by atoms with Crippen molar-refractivity contribution in [2.24, 2.45) is 0 Å². The van der Waals surface area contributed by atoms with E-state index in [9.17, 15) is 4.79 Å². The average molecular weight is 289 g/mol. The number of carbonyl (C=O) groups excluding carboxylic acids is 1. The van der Waals surface area contributed by atoms with Crippen LogP contribution in [0.4, 0.5) is 0 Å². The highest BCUT2D eigenvalue weighted by Gasteiger charge is 2.33. The number of benzene rings is 2. The number of hydrogen-bond acceptors (Lipinski definition) is 2. The van der Waals surface area contributed by atoms with Crippen LogP contribution in [0.5, 0.6) is 5.75 Å². The third kappa shape index (κ3) is 1.76. The molecule has 2 nitrogen and oxygen atoms in total. The Balaban J connectivity index is 2.09. The van der Waals surface area contributed by atoms with E-state index in [0.717, 1.165) is 15.6 Å². The molecule has 0 spiro atoms. The monoisotopic (exact) mass is 288 g/mol. The van der Waals surface area contributed by atoms with Gasteiger partial charge in [0.2, 0.25) is 0 Å². The van der Waals surface area contributed by atoms with Crippen LogP contribution in [0.25, 0.3) is 0 Å². The van der Waals surface area contributed by atoms with Gasteiger partial charge in [0.1, 0.15) is 11.7 Å². The van der Waals surface area contributed by atoms with Crippen LogP contribution in [0.3, 0.4) is 0 Å². The fraction of sp³-hybridized carbons (Fsp3) is 0.0714. The minimum atomic E-state index is -0.292. The molecule has 0 bridgehead atoms. The van der Waals surface area contributed by atoms with Gasteiger partial charge in [-0.15, -0.1) is 0 Å². The summed E-state index contributed by atoms with van der Waals surface area (Å²) in [6.07, 6.45) is 0. The summed E-state index contributed by atoms with van der Waals surface area (Å²) in [6, 6.07) is 15.3. The molecule has 2 aromatic carbocycles. The molecule has 2 aromatic rings. The predicted molar refractivity (Wildman–Crippen MR) is 68.1 cm³/mol. The molecule has 0 amide bonds. The molecular weight excluding hydrogens is 280 g/mol. The summed E-state index contributed by atoms with van der Waals surface area (Å²) in [5.74, 6) is 0.179. The van der Waals surface area contributed by atoms with Gasteiger partial charge >= 0.3 is 5.97 Å². The maximum atomic E-state index is 11.9. The van der Waals surface area contributed by atoms with Crippen molar-refractivity contribution in [2.45, 2.75) is 5.92 Å². The van der Waals surface area contributed by atoms with Crippen molar-refractivity contribution in [3.63, 3.8) is 0 Å². The molecule has 0 saturated heterocycles. The zero-order valence-electron chi connectivity index (χ0n) is 8.89. The van der Waals surface area contributed by atoms with Crippen LogP contribution >= 0.6 is 15.9 Å². The van der Waals surface area contributed by atoms with Crippen molar-refractivity contribution in [1.29, 1.82) is 0 Å². The van der Waals surface area contributed by atoms with Crippen LogP contribution < -0.4 is 4.74 Å². The van der Waals surface area contributed by atoms with E-state index in [1.165, 1.54) is 0 Å². The molecule has 1 heterocycles. The first-order valence-corrected chi connectivity index (χ1v) is 6.11. The first-order chi connectivity index (χ1) is 8.25. The van der Waals surface area contributed by atoms with E-state index in [-0.39, 0.29) is 11.9 Å². The summed E-state index contributed by atoms with van der Waals surface area (Å²) in [7, 11) is 0. The van der Waals surface area contributed by atoms with E-state index in [2.05, 4.69) is 15.9 Å². The summed E-state index contributed by atoms with van der Waals surface area (Å²) in [5.41, 5.74) is 1.91. The van der Waals surface area contributed by atoms with Gasteiger partial charge in [0.05, 0.1) is 0 Å². The van der Waals surface area contributed by atoms with Crippen molar-refractivity contribution < 1.29 is 9.53 Å². The molecule has 0 aromatic heterocycles. The lowest BCUT2D eigenvalue weighted by Crippen LogP contribution is -2.11. The van der Waals surface area contributed by atoms with Gasteiger partial charge in [-0.25, -0.2) is 0 Å². The SMILES string of the molecule is O=C1Oc2ccccc2C1c1ccc(Br)cc1. The topological polar surface area (TPSA) is 26.3 Å². The Labute approximate surface area is 107 Å². The van der Waals surface area contributed by atoms with E-state index >= 15 is 0 Å². The molecule has 0 aliphatic carbocycles. The summed E-state index contributed by atoms with van der Waals surface area (Å²) < 4.78 is 6.25. The maximum Gasteiger partial charge on any atom is 0.323 e. The Hall–Kier alpha value is -1.61. The number of esters is 1. The van der Waals surface area contributed by atoms with Crippen molar-refractivity contribution in [2.75, 3.05) is 0 Å². The minimum absolute atomic E-state index is 0.200. The molecule has 1 aliphatic rings. The lowest BCUT2D eigenvalue weighted by Gasteiger charge is -2.07. The normalized spacial score (nSPS) is 17.7. The van der Waals surface area contributed by atoms with Gasteiger partial charge in [0, 0.05) is 10.0 Å². The molecule has 1 aliphatic heterocycles. The van der Waals surface area contributed by atoms with Crippen molar-refractivity contribution in [3.05, 3.63) is 64.1 Å². The van der Waals surface area contributed by atoms with Gasteiger partial charge < -0.3 is 4.74 Å². The maximum absolute atomic E-state index is 11.9. The molecule has 3 rings (SSSR count). The fourth-order valence-corrected chi connectivity index (χ4v) is 2.34. The van der Waals surface area contributed by atoms with Crippen LogP contribution in [0.2, 0.25) is 0 Å². The Kier molecular flexibility index (Phi) is 2.48. The lowest BCUT2D eigenvalue weighted by atomic mass is 9.93. The van der Waals surface area contributed by atoms with Crippen molar-refractivity contribution in [1.82, 2.24) is 0 Å². The first kappa shape index (κ1) is 10.5. The van der Waals surface area contributed by atoms with Crippen LogP contribution in [-0.4, -0.2) is 5.97 Å². The molecule has 17 heavy (non-hydrogen) atoms. The quantitative estimate of drug-likeness (QED) is 0.593. The number of halogens is 1. The molecular formula is C14H9BrO2.